The van der Waals surface area contributed by atoms with Crippen LogP contribution in [0.5, 0.6) is 0 Å². The molecule has 0 radical (unpaired) electrons. The van der Waals surface area contributed by atoms with E-state index in [1.807, 2.05) is 41.8 Å². The number of rotatable bonds is 5. The maximum absolute atomic E-state index is 12.9. The summed E-state index contributed by atoms with van der Waals surface area (Å²) in [7, 11) is 0. The van der Waals surface area contributed by atoms with Crippen LogP contribution in [0.15, 0.2) is 24.3 Å². The SMILES string of the molecule is CCCC(C)(N)C(=O)N1CCN(CC(=O)N2CCCc3ccccc32)CC1.Cl. The molecule has 0 aliphatic carbocycles. The van der Waals surface area contributed by atoms with Crippen molar-refractivity contribution in [1.29, 1.82) is 0 Å². The number of hydrogen-bond donors (Lipinski definition) is 1. The number of hydrogen-bond acceptors (Lipinski definition) is 4. The van der Waals surface area contributed by atoms with Crippen molar-refractivity contribution >= 4 is 29.9 Å². The predicted octanol–water partition coefficient (Wildman–Crippen LogP) is 2.05. The van der Waals surface area contributed by atoms with Crippen LogP contribution in [0.25, 0.3) is 0 Å². The lowest BCUT2D eigenvalue weighted by Gasteiger charge is -2.39. The van der Waals surface area contributed by atoms with Crippen molar-refractivity contribution in [3.05, 3.63) is 29.8 Å². The summed E-state index contributed by atoms with van der Waals surface area (Å²) in [5.74, 6) is 0.178. The highest BCUT2D eigenvalue weighted by atomic mass is 35.5. The van der Waals surface area contributed by atoms with Crippen LogP contribution in [0.2, 0.25) is 0 Å². The molecule has 156 valence electrons. The third-order valence-electron chi connectivity index (χ3n) is 5.69. The van der Waals surface area contributed by atoms with Gasteiger partial charge in [-0.05, 0) is 37.8 Å². The zero-order valence-electron chi connectivity index (χ0n) is 17.0. The molecule has 0 spiro atoms. The Labute approximate surface area is 174 Å². The lowest BCUT2D eigenvalue weighted by Crippen LogP contribution is -2.59. The molecule has 1 aromatic carbocycles. The molecule has 0 aromatic heterocycles. The number of aryl methyl sites for hydroxylation is 1. The van der Waals surface area contributed by atoms with Crippen LogP contribution in [0.1, 0.15) is 38.7 Å². The maximum Gasteiger partial charge on any atom is 0.242 e. The van der Waals surface area contributed by atoms with Crippen LogP contribution < -0.4 is 10.6 Å². The Hall–Kier alpha value is -1.63. The van der Waals surface area contributed by atoms with E-state index in [1.54, 1.807) is 0 Å². The average Bonchev–Trinajstić information content (AvgIpc) is 2.67. The molecule has 2 aliphatic rings. The van der Waals surface area contributed by atoms with Crippen LogP contribution in [-0.2, 0) is 16.0 Å². The minimum absolute atomic E-state index is 0. The first-order valence-electron chi connectivity index (χ1n) is 10.1. The van der Waals surface area contributed by atoms with E-state index in [9.17, 15) is 9.59 Å². The van der Waals surface area contributed by atoms with Crippen molar-refractivity contribution < 1.29 is 9.59 Å². The molecule has 1 saturated heterocycles. The standard InChI is InChI=1S/C21H32N4O2.ClH/c1-3-10-21(2,22)20(27)24-14-12-23(13-15-24)16-19(26)25-11-6-8-17-7-4-5-9-18(17)25;/h4-5,7,9H,3,6,8,10-16,22H2,1-2H3;1H. The van der Waals surface area contributed by atoms with E-state index in [0.29, 0.717) is 26.1 Å². The van der Waals surface area contributed by atoms with Crippen molar-refractivity contribution in [3.63, 3.8) is 0 Å². The molecule has 2 aliphatic heterocycles. The summed E-state index contributed by atoms with van der Waals surface area (Å²) in [4.78, 5) is 31.4. The molecule has 6 nitrogen and oxygen atoms in total. The van der Waals surface area contributed by atoms with Gasteiger partial charge in [0.15, 0.2) is 0 Å². The summed E-state index contributed by atoms with van der Waals surface area (Å²) < 4.78 is 0. The summed E-state index contributed by atoms with van der Waals surface area (Å²) in [5, 5.41) is 0. The first-order valence-corrected chi connectivity index (χ1v) is 10.1. The summed E-state index contributed by atoms with van der Waals surface area (Å²) >= 11 is 0. The molecule has 0 bridgehead atoms. The Balaban J connectivity index is 0.00000280. The Morgan fingerprint density at radius 3 is 2.46 bits per heavy atom. The number of carbonyl (C=O) groups is 2. The minimum Gasteiger partial charge on any atom is -0.339 e. The Morgan fingerprint density at radius 1 is 1.11 bits per heavy atom. The molecule has 1 atom stereocenters. The van der Waals surface area contributed by atoms with Gasteiger partial charge in [0.05, 0.1) is 12.1 Å². The second-order valence-electron chi connectivity index (χ2n) is 8.01. The number of anilines is 1. The largest absolute Gasteiger partial charge is 0.339 e. The van der Waals surface area contributed by atoms with Gasteiger partial charge < -0.3 is 15.5 Å². The highest BCUT2D eigenvalue weighted by Crippen LogP contribution is 2.27. The molecular formula is C21H33ClN4O2. The lowest BCUT2D eigenvalue weighted by atomic mass is 9.95. The monoisotopic (exact) mass is 408 g/mol. The molecule has 1 aromatic rings. The number of amides is 2. The fourth-order valence-electron chi connectivity index (χ4n) is 4.17. The summed E-state index contributed by atoms with van der Waals surface area (Å²) in [6, 6.07) is 8.18. The van der Waals surface area contributed by atoms with E-state index in [2.05, 4.69) is 11.0 Å². The van der Waals surface area contributed by atoms with Gasteiger partial charge in [0.1, 0.15) is 0 Å². The highest BCUT2D eigenvalue weighted by Gasteiger charge is 2.34. The van der Waals surface area contributed by atoms with Crippen LogP contribution >= 0.6 is 12.4 Å². The number of para-hydroxylation sites is 1. The van der Waals surface area contributed by atoms with Gasteiger partial charge in [-0.25, -0.2) is 0 Å². The molecule has 28 heavy (non-hydrogen) atoms. The van der Waals surface area contributed by atoms with Gasteiger partial charge in [-0.15, -0.1) is 12.4 Å². The van der Waals surface area contributed by atoms with Gasteiger partial charge in [0, 0.05) is 38.4 Å². The van der Waals surface area contributed by atoms with Crippen molar-refractivity contribution in [2.45, 2.75) is 45.1 Å². The van der Waals surface area contributed by atoms with Crippen molar-refractivity contribution in [3.8, 4) is 0 Å². The quantitative estimate of drug-likeness (QED) is 0.809. The molecular weight excluding hydrogens is 376 g/mol. The molecule has 7 heteroatoms. The zero-order chi connectivity index (χ0) is 19.4. The van der Waals surface area contributed by atoms with Crippen LogP contribution in [0.3, 0.4) is 0 Å². The topological polar surface area (TPSA) is 69.9 Å². The minimum atomic E-state index is -0.787. The summed E-state index contributed by atoms with van der Waals surface area (Å²) in [6.45, 7) is 7.77. The predicted molar refractivity (Wildman–Crippen MR) is 115 cm³/mol. The van der Waals surface area contributed by atoms with E-state index in [4.69, 9.17) is 5.73 Å². The number of nitrogens with zero attached hydrogens (tertiary/aromatic N) is 3. The third-order valence-corrected chi connectivity index (χ3v) is 5.69. The molecule has 1 fully saturated rings. The smallest absolute Gasteiger partial charge is 0.242 e. The zero-order valence-corrected chi connectivity index (χ0v) is 17.8. The highest BCUT2D eigenvalue weighted by molar-refractivity contribution is 5.96. The summed E-state index contributed by atoms with van der Waals surface area (Å²) in [5.41, 5.74) is 7.72. The van der Waals surface area contributed by atoms with Crippen LogP contribution in [-0.4, -0.2) is 66.4 Å². The van der Waals surface area contributed by atoms with Gasteiger partial charge in [0.25, 0.3) is 0 Å². The average molecular weight is 409 g/mol. The maximum atomic E-state index is 12.9. The van der Waals surface area contributed by atoms with E-state index < -0.39 is 5.54 Å². The molecule has 0 saturated carbocycles. The summed E-state index contributed by atoms with van der Waals surface area (Å²) in [6.07, 6.45) is 3.64. The Morgan fingerprint density at radius 2 is 1.79 bits per heavy atom. The van der Waals surface area contributed by atoms with Crippen LogP contribution in [0, 0.1) is 0 Å². The van der Waals surface area contributed by atoms with E-state index in [1.165, 1.54) is 5.56 Å². The Bertz CT molecular complexity index is 687. The second kappa shape index (κ2) is 9.72. The second-order valence-corrected chi connectivity index (χ2v) is 8.01. The van der Waals surface area contributed by atoms with Crippen molar-refractivity contribution in [2.75, 3.05) is 44.2 Å². The molecule has 2 N–H and O–H groups in total. The first-order chi connectivity index (χ1) is 12.9. The fraction of sp³-hybridized carbons (Fsp3) is 0.619. The van der Waals surface area contributed by atoms with E-state index >= 15 is 0 Å². The third kappa shape index (κ3) is 5.04. The number of halogens is 1. The van der Waals surface area contributed by atoms with E-state index in [0.717, 1.165) is 44.6 Å². The number of carbonyl (C=O) groups excluding carboxylic acids is 2. The number of fused-ring (bicyclic) bond motifs is 1. The number of piperazine rings is 1. The van der Waals surface area contributed by atoms with Crippen molar-refractivity contribution in [1.82, 2.24) is 9.80 Å². The van der Waals surface area contributed by atoms with Gasteiger partial charge >= 0.3 is 0 Å². The van der Waals surface area contributed by atoms with Gasteiger partial charge in [0.2, 0.25) is 11.8 Å². The normalized spacial score (nSPS) is 19.4. The van der Waals surface area contributed by atoms with Crippen molar-refractivity contribution in [2.24, 2.45) is 5.73 Å². The molecule has 2 heterocycles. The van der Waals surface area contributed by atoms with Gasteiger partial charge in [-0.3, -0.25) is 14.5 Å². The van der Waals surface area contributed by atoms with E-state index in [-0.39, 0.29) is 24.2 Å². The molecule has 3 rings (SSSR count). The Kier molecular flexibility index (Phi) is 7.87. The van der Waals surface area contributed by atoms with Gasteiger partial charge in [-0.1, -0.05) is 31.5 Å². The molecule has 2 amide bonds. The van der Waals surface area contributed by atoms with Crippen LogP contribution in [0.4, 0.5) is 5.69 Å². The number of benzene rings is 1. The first kappa shape index (κ1) is 22.7. The lowest BCUT2D eigenvalue weighted by molar-refractivity contribution is -0.138. The number of nitrogens with two attached hydrogens (primary N) is 1. The fourth-order valence-corrected chi connectivity index (χ4v) is 4.17. The van der Waals surface area contributed by atoms with Gasteiger partial charge in [-0.2, -0.15) is 0 Å². The molecule has 1 unspecified atom stereocenters.